The lowest BCUT2D eigenvalue weighted by molar-refractivity contribution is -0.142. The van der Waals surface area contributed by atoms with Crippen molar-refractivity contribution in [2.75, 3.05) is 70.4 Å². The molecule has 0 radical (unpaired) electrons. The number of hydrogen-bond donors (Lipinski definition) is 1. The van der Waals surface area contributed by atoms with Crippen LogP contribution in [0.3, 0.4) is 0 Å². The summed E-state index contributed by atoms with van der Waals surface area (Å²) >= 11 is 0. The summed E-state index contributed by atoms with van der Waals surface area (Å²) in [5.74, 6) is -0.755. The van der Waals surface area contributed by atoms with Gasteiger partial charge >= 0.3 is 12.1 Å². The molecule has 2 aliphatic rings. The molecule has 0 bridgehead atoms. The second-order valence-electron chi connectivity index (χ2n) is 12.6. The van der Waals surface area contributed by atoms with E-state index in [-0.39, 0.29) is 53.7 Å². The number of hydrogen-bond acceptors (Lipinski definition) is 10. The molecule has 0 atom stereocenters. The van der Waals surface area contributed by atoms with Gasteiger partial charge < -0.3 is 29.2 Å². The molecule has 12 nitrogen and oxygen atoms in total. The van der Waals surface area contributed by atoms with Crippen LogP contribution in [-0.2, 0) is 25.2 Å². The number of carbonyl (C=O) groups is 2. The third-order valence-electron chi connectivity index (χ3n) is 9.15. The topological polar surface area (TPSA) is 130 Å². The van der Waals surface area contributed by atoms with Crippen molar-refractivity contribution >= 4 is 34.5 Å². The van der Waals surface area contributed by atoms with Crippen molar-refractivity contribution in [1.82, 2.24) is 29.8 Å². The molecule has 1 aromatic carbocycles. The zero-order chi connectivity index (χ0) is 34.9. The van der Waals surface area contributed by atoms with Gasteiger partial charge in [0.25, 0.3) is 0 Å². The van der Waals surface area contributed by atoms with Gasteiger partial charge in [0.05, 0.1) is 56.0 Å². The standard InChI is InChI=1S/C33H36F4N8O4/c1-43(18-32(19-48-2)6-4-7-32)25-14-23(20-11-21(33(35,36)37)13-22(34)12-20)40-31-29(25)41-30(42-31)24-15-39-26(16-38-24)45-10-9-44(27(46)17-45)8-5-28(47)49-3/h11-16H,4-10,17-19H2,1-3H3,(H,40,41,42). The van der Waals surface area contributed by atoms with Gasteiger partial charge in [-0.05, 0) is 37.1 Å². The second kappa shape index (κ2) is 13.6. The molecule has 4 aromatic rings. The van der Waals surface area contributed by atoms with Crippen molar-refractivity contribution in [2.24, 2.45) is 5.41 Å². The van der Waals surface area contributed by atoms with E-state index in [1.165, 1.54) is 19.5 Å². The molecule has 3 aromatic heterocycles. The molecule has 0 spiro atoms. The van der Waals surface area contributed by atoms with Crippen molar-refractivity contribution < 1.29 is 36.6 Å². The first-order valence-corrected chi connectivity index (χ1v) is 15.8. The predicted molar refractivity (Wildman–Crippen MR) is 172 cm³/mol. The Morgan fingerprint density at radius 3 is 2.49 bits per heavy atom. The van der Waals surface area contributed by atoms with Crippen LogP contribution in [0.1, 0.15) is 31.2 Å². The maximum atomic E-state index is 14.5. The average molecular weight is 685 g/mol. The van der Waals surface area contributed by atoms with Crippen LogP contribution in [0.25, 0.3) is 33.9 Å². The smallest absolute Gasteiger partial charge is 0.416 e. The highest BCUT2D eigenvalue weighted by atomic mass is 19.4. The maximum Gasteiger partial charge on any atom is 0.416 e. The first-order chi connectivity index (χ1) is 23.4. The molecule has 4 heterocycles. The normalized spacial score (nSPS) is 16.2. The van der Waals surface area contributed by atoms with Gasteiger partial charge in [0.15, 0.2) is 11.5 Å². The molecule has 0 unspecified atom stereocenters. The molecule has 1 saturated carbocycles. The van der Waals surface area contributed by atoms with Crippen LogP contribution in [-0.4, -0.2) is 102 Å². The number of halogens is 4. The maximum absolute atomic E-state index is 14.5. The van der Waals surface area contributed by atoms with Crippen LogP contribution in [0, 0.1) is 11.2 Å². The molecule has 49 heavy (non-hydrogen) atoms. The number of pyridine rings is 1. The molecule has 1 aliphatic heterocycles. The largest absolute Gasteiger partial charge is 0.469 e. The fourth-order valence-electron chi connectivity index (χ4n) is 6.44. The number of methoxy groups -OCH3 is 2. The summed E-state index contributed by atoms with van der Waals surface area (Å²) in [5, 5.41) is 0. The van der Waals surface area contributed by atoms with Crippen LogP contribution >= 0.6 is 0 Å². The number of amides is 1. The number of H-pyrrole nitrogens is 1. The third-order valence-corrected chi connectivity index (χ3v) is 9.15. The molecule has 2 fully saturated rings. The number of nitrogens with zero attached hydrogens (tertiary/aromatic N) is 7. The van der Waals surface area contributed by atoms with Gasteiger partial charge in [-0.1, -0.05) is 6.42 Å². The lowest BCUT2D eigenvalue weighted by Crippen LogP contribution is -2.51. The minimum absolute atomic E-state index is 0.0345. The number of rotatable bonds is 11. The Labute approximate surface area is 279 Å². The van der Waals surface area contributed by atoms with Crippen molar-refractivity contribution in [2.45, 2.75) is 31.9 Å². The molecular weight excluding hydrogens is 648 g/mol. The highest BCUT2D eigenvalue weighted by molar-refractivity contribution is 5.91. The average Bonchev–Trinajstić information content (AvgIpc) is 3.50. The fraction of sp³-hybridized carbons (Fsp3) is 0.455. The Hall–Kier alpha value is -4.86. The number of alkyl halides is 3. The van der Waals surface area contributed by atoms with Crippen molar-refractivity contribution in [1.29, 1.82) is 0 Å². The summed E-state index contributed by atoms with van der Waals surface area (Å²) in [6.07, 6.45) is 1.42. The van der Waals surface area contributed by atoms with E-state index in [2.05, 4.69) is 29.7 Å². The number of anilines is 2. The number of ether oxygens (including phenoxy) is 2. The van der Waals surface area contributed by atoms with E-state index in [1.54, 1.807) is 23.0 Å². The number of aromatic amines is 1. The quantitative estimate of drug-likeness (QED) is 0.175. The lowest BCUT2D eigenvalue weighted by atomic mass is 9.69. The van der Waals surface area contributed by atoms with Crippen LogP contribution in [0.5, 0.6) is 0 Å². The third kappa shape index (κ3) is 7.28. The van der Waals surface area contributed by atoms with Gasteiger partial charge in [0, 0.05) is 51.3 Å². The summed E-state index contributed by atoms with van der Waals surface area (Å²) in [5.41, 5.74) is 0.625. The van der Waals surface area contributed by atoms with Gasteiger partial charge in [-0.25, -0.2) is 24.3 Å². The van der Waals surface area contributed by atoms with Crippen LogP contribution in [0.15, 0.2) is 36.7 Å². The van der Waals surface area contributed by atoms with E-state index < -0.39 is 17.6 Å². The highest BCUT2D eigenvalue weighted by Gasteiger charge is 2.39. The van der Waals surface area contributed by atoms with E-state index >= 15 is 0 Å². The Bertz CT molecular complexity index is 1840. The number of aromatic nitrogens is 5. The Morgan fingerprint density at radius 2 is 1.86 bits per heavy atom. The number of esters is 1. The molecule has 1 N–H and O–H groups in total. The van der Waals surface area contributed by atoms with E-state index in [0.29, 0.717) is 60.8 Å². The monoisotopic (exact) mass is 684 g/mol. The van der Waals surface area contributed by atoms with Gasteiger partial charge in [0.2, 0.25) is 5.91 Å². The molecular formula is C33H36F4N8O4. The Balaban J connectivity index is 1.31. The number of fused-ring (bicyclic) bond motifs is 1. The summed E-state index contributed by atoms with van der Waals surface area (Å²) < 4.78 is 65.4. The SMILES string of the molecule is COCC1(CN(C)c2cc(-c3cc(F)cc(C(F)(F)F)c3)nc3nc(-c4cnc(N5CCN(CCC(=O)OC)C(=O)C5)cn4)[nH]c23)CCC1. The number of nitrogens with one attached hydrogen (secondary N) is 1. The van der Waals surface area contributed by atoms with Gasteiger partial charge in [-0.3, -0.25) is 9.59 Å². The molecule has 260 valence electrons. The Morgan fingerprint density at radius 1 is 1.06 bits per heavy atom. The molecule has 1 aliphatic carbocycles. The fourth-order valence-corrected chi connectivity index (χ4v) is 6.44. The first-order valence-electron chi connectivity index (χ1n) is 15.8. The van der Waals surface area contributed by atoms with Crippen molar-refractivity contribution in [3.05, 3.63) is 48.0 Å². The van der Waals surface area contributed by atoms with E-state index in [1.807, 2.05) is 11.9 Å². The lowest BCUT2D eigenvalue weighted by Gasteiger charge is -2.44. The summed E-state index contributed by atoms with van der Waals surface area (Å²) in [6, 6.07) is 3.99. The Kier molecular flexibility index (Phi) is 9.42. The molecule has 1 saturated heterocycles. The van der Waals surface area contributed by atoms with Gasteiger partial charge in [-0.15, -0.1) is 0 Å². The number of piperazine rings is 1. The summed E-state index contributed by atoms with van der Waals surface area (Å²) in [6.45, 7) is 2.42. The van der Waals surface area contributed by atoms with Gasteiger partial charge in [0.1, 0.15) is 22.8 Å². The predicted octanol–water partition coefficient (Wildman–Crippen LogP) is 4.70. The summed E-state index contributed by atoms with van der Waals surface area (Å²) in [7, 11) is 4.84. The zero-order valence-electron chi connectivity index (χ0n) is 27.3. The second-order valence-corrected chi connectivity index (χ2v) is 12.6. The number of imidazole rings is 1. The van der Waals surface area contributed by atoms with Gasteiger partial charge in [-0.2, -0.15) is 13.2 Å². The van der Waals surface area contributed by atoms with Crippen molar-refractivity contribution in [3.8, 4) is 22.8 Å². The number of benzene rings is 1. The molecule has 1 amide bonds. The van der Waals surface area contributed by atoms with E-state index in [4.69, 9.17) is 4.74 Å². The van der Waals surface area contributed by atoms with Crippen LogP contribution in [0.2, 0.25) is 0 Å². The van der Waals surface area contributed by atoms with Crippen molar-refractivity contribution in [3.63, 3.8) is 0 Å². The molecule has 16 heteroatoms. The van der Waals surface area contributed by atoms with Crippen LogP contribution < -0.4 is 9.80 Å². The van der Waals surface area contributed by atoms with E-state index in [9.17, 15) is 27.2 Å². The summed E-state index contributed by atoms with van der Waals surface area (Å²) in [4.78, 5) is 51.0. The van der Waals surface area contributed by atoms with E-state index in [0.717, 1.165) is 31.4 Å². The highest BCUT2D eigenvalue weighted by Crippen LogP contribution is 2.43. The zero-order valence-corrected chi connectivity index (χ0v) is 27.3. The first kappa shape index (κ1) is 34.0. The molecule has 6 rings (SSSR count). The minimum atomic E-state index is -4.74. The van der Waals surface area contributed by atoms with Crippen LogP contribution in [0.4, 0.5) is 29.1 Å². The number of carbonyl (C=O) groups excluding carboxylic acids is 2. The minimum Gasteiger partial charge on any atom is -0.469 e.